The van der Waals surface area contributed by atoms with E-state index in [-0.39, 0.29) is 29.9 Å². The summed E-state index contributed by atoms with van der Waals surface area (Å²) in [5.74, 6) is -1.40. The summed E-state index contributed by atoms with van der Waals surface area (Å²) in [5.41, 5.74) is 0.303. The van der Waals surface area contributed by atoms with E-state index in [0.717, 1.165) is 38.5 Å². The first kappa shape index (κ1) is 32.7. The number of unbranched alkanes of at least 4 members (excludes halogenated alkanes) is 10. The maximum absolute atomic E-state index is 12.4. The van der Waals surface area contributed by atoms with Crippen molar-refractivity contribution in [1.82, 2.24) is 15.7 Å². The first-order valence-electron chi connectivity index (χ1n) is 14.2. The van der Waals surface area contributed by atoms with Gasteiger partial charge in [0.25, 0.3) is 11.8 Å². The van der Waals surface area contributed by atoms with E-state index in [9.17, 15) is 24.0 Å². The second kappa shape index (κ2) is 17.3. The summed E-state index contributed by atoms with van der Waals surface area (Å²) in [4.78, 5) is 64.0. The van der Waals surface area contributed by atoms with Gasteiger partial charge in [0.1, 0.15) is 12.3 Å². The van der Waals surface area contributed by atoms with Gasteiger partial charge < -0.3 is 20.7 Å². The number of alkyl carbamates (subject to hydrolysis) is 1. The number of fused-ring (bicyclic) bond motifs is 1. The number of hydrogen-bond donors (Lipinski definition) is 3. The molecule has 0 bridgehead atoms. The summed E-state index contributed by atoms with van der Waals surface area (Å²) in [6, 6.07) is 4.52. The number of amides is 5. The van der Waals surface area contributed by atoms with Gasteiger partial charge in [-0.3, -0.25) is 19.2 Å². The van der Waals surface area contributed by atoms with Crippen molar-refractivity contribution in [2.75, 3.05) is 18.6 Å². The van der Waals surface area contributed by atoms with Crippen molar-refractivity contribution in [3.05, 3.63) is 29.3 Å². The maximum atomic E-state index is 12.4. The molecule has 1 aromatic carbocycles. The van der Waals surface area contributed by atoms with Crippen molar-refractivity contribution in [3.8, 4) is 0 Å². The quantitative estimate of drug-likeness (QED) is 0.0928. The molecule has 0 unspecified atom stereocenters. The number of benzene rings is 1. The summed E-state index contributed by atoms with van der Waals surface area (Å²) in [6.45, 7) is 5.90. The van der Waals surface area contributed by atoms with E-state index in [0.29, 0.717) is 30.1 Å². The Morgan fingerprint density at radius 2 is 1.43 bits per heavy atom. The highest BCUT2D eigenvalue weighted by molar-refractivity contribution is 6.21. The molecule has 0 fully saturated rings. The van der Waals surface area contributed by atoms with Crippen molar-refractivity contribution >= 4 is 35.9 Å². The lowest BCUT2D eigenvalue weighted by molar-refractivity contribution is -0.121. The highest BCUT2D eigenvalue weighted by atomic mass is 16.7. The van der Waals surface area contributed by atoms with E-state index in [1.54, 1.807) is 6.07 Å². The minimum atomic E-state index is -0.642. The number of nitrogens with zero attached hydrogens (tertiary/aromatic N) is 1. The van der Waals surface area contributed by atoms with Crippen LogP contribution in [0.4, 0.5) is 10.5 Å². The monoisotopic (exact) mass is 560 g/mol. The number of imide groups is 1. The van der Waals surface area contributed by atoms with Crippen LogP contribution in [0.15, 0.2) is 18.2 Å². The lowest BCUT2D eigenvalue weighted by atomic mass is 10.0. The molecule has 11 nitrogen and oxygen atoms in total. The van der Waals surface area contributed by atoms with Crippen LogP contribution in [0.1, 0.15) is 119 Å². The minimum absolute atomic E-state index is 0.138. The zero-order valence-electron chi connectivity index (χ0n) is 24.0. The largest absolute Gasteiger partial charge is 0.444 e. The SMILES string of the molecule is CC(C)(C)OC(=O)NCCCCCCCCCCCCCC(=O)Nc1ccc2c(c1)C(=O)N(OCNC=O)C2=O. The molecule has 3 N–H and O–H groups in total. The summed E-state index contributed by atoms with van der Waals surface area (Å²) >= 11 is 0. The second-order valence-corrected chi connectivity index (χ2v) is 10.9. The van der Waals surface area contributed by atoms with Crippen molar-refractivity contribution in [2.45, 2.75) is 103 Å². The van der Waals surface area contributed by atoms with Gasteiger partial charge in [0.05, 0.1) is 11.1 Å². The summed E-state index contributed by atoms with van der Waals surface area (Å²) in [5, 5.41) is 8.39. The molecule has 0 atom stereocenters. The fourth-order valence-electron chi connectivity index (χ4n) is 4.28. The van der Waals surface area contributed by atoms with E-state index in [1.807, 2.05) is 20.8 Å². The Hall–Kier alpha value is -3.47. The molecule has 1 aliphatic rings. The smallest absolute Gasteiger partial charge is 0.407 e. The highest BCUT2D eigenvalue weighted by Gasteiger charge is 2.37. The van der Waals surface area contributed by atoms with Crippen LogP contribution in [-0.2, 0) is 19.2 Å². The highest BCUT2D eigenvalue weighted by Crippen LogP contribution is 2.26. The van der Waals surface area contributed by atoms with Gasteiger partial charge in [-0.1, -0.05) is 57.8 Å². The van der Waals surface area contributed by atoms with Gasteiger partial charge in [0.2, 0.25) is 12.3 Å². The first-order valence-corrected chi connectivity index (χ1v) is 14.2. The molecule has 0 saturated carbocycles. The number of carbonyl (C=O) groups excluding carboxylic acids is 5. The van der Waals surface area contributed by atoms with E-state index < -0.39 is 17.4 Å². The lowest BCUT2D eigenvalue weighted by Gasteiger charge is -2.19. The van der Waals surface area contributed by atoms with Crippen LogP contribution in [0, 0.1) is 0 Å². The number of ether oxygens (including phenoxy) is 1. The molecule has 1 aliphatic heterocycles. The number of nitrogens with one attached hydrogen (secondary N) is 3. The Morgan fingerprint density at radius 3 is 2.02 bits per heavy atom. The van der Waals surface area contributed by atoms with Crippen LogP contribution < -0.4 is 16.0 Å². The van der Waals surface area contributed by atoms with Crippen molar-refractivity contribution in [1.29, 1.82) is 0 Å². The topological polar surface area (TPSA) is 143 Å². The molecule has 0 spiro atoms. The number of hydroxylamine groups is 2. The van der Waals surface area contributed by atoms with Gasteiger partial charge in [0, 0.05) is 18.7 Å². The van der Waals surface area contributed by atoms with Gasteiger partial charge in [-0.15, -0.1) is 5.06 Å². The second-order valence-electron chi connectivity index (χ2n) is 10.9. The van der Waals surface area contributed by atoms with Gasteiger partial charge in [-0.25, -0.2) is 9.63 Å². The Kier molecular flexibility index (Phi) is 14.1. The van der Waals surface area contributed by atoms with E-state index in [2.05, 4.69) is 16.0 Å². The van der Waals surface area contributed by atoms with Crippen molar-refractivity contribution < 1.29 is 33.5 Å². The molecule has 1 aromatic rings. The molecule has 1 heterocycles. The molecular weight excluding hydrogens is 516 g/mol. The van der Waals surface area contributed by atoms with E-state index in [1.165, 1.54) is 44.2 Å². The molecule has 0 radical (unpaired) electrons. The van der Waals surface area contributed by atoms with Gasteiger partial charge in [-0.05, 0) is 51.8 Å². The predicted molar refractivity (Wildman–Crippen MR) is 150 cm³/mol. The van der Waals surface area contributed by atoms with Gasteiger partial charge >= 0.3 is 6.09 Å². The third kappa shape index (κ3) is 12.1. The average molecular weight is 561 g/mol. The van der Waals surface area contributed by atoms with Crippen LogP contribution in [0.2, 0.25) is 0 Å². The number of rotatable bonds is 19. The van der Waals surface area contributed by atoms with Crippen LogP contribution >= 0.6 is 0 Å². The molecule has 11 heteroatoms. The Morgan fingerprint density at radius 1 is 0.850 bits per heavy atom. The van der Waals surface area contributed by atoms with E-state index in [4.69, 9.17) is 9.57 Å². The Bertz CT molecular complexity index is 1010. The molecule has 0 aliphatic carbocycles. The maximum Gasteiger partial charge on any atom is 0.407 e. The summed E-state index contributed by atoms with van der Waals surface area (Å²) < 4.78 is 5.21. The van der Waals surface area contributed by atoms with Crippen LogP contribution in [0.3, 0.4) is 0 Å². The van der Waals surface area contributed by atoms with Gasteiger partial charge in [0.15, 0.2) is 0 Å². The lowest BCUT2D eigenvalue weighted by Crippen LogP contribution is -2.33. The number of carbonyl (C=O) groups is 5. The molecule has 2 rings (SSSR count). The normalized spacial score (nSPS) is 12.7. The van der Waals surface area contributed by atoms with Crippen LogP contribution in [0.25, 0.3) is 0 Å². The standard InChI is InChI=1S/C29H44N4O7/c1-29(2,3)40-28(38)31-18-14-12-10-8-6-4-5-7-9-11-13-15-25(35)32-22-16-17-23-24(19-22)27(37)33(26(23)36)39-21-30-20-34/h16-17,19-20H,4-15,18,21H2,1-3H3,(H,30,34)(H,31,38)(H,32,35). The number of anilines is 1. The fraction of sp³-hybridized carbons (Fsp3) is 0.621. The van der Waals surface area contributed by atoms with E-state index >= 15 is 0 Å². The molecule has 40 heavy (non-hydrogen) atoms. The third-order valence-corrected chi connectivity index (χ3v) is 6.24. The van der Waals surface area contributed by atoms with Crippen LogP contribution in [0.5, 0.6) is 0 Å². The molecule has 5 amide bonds. The average Bonchev–Trinajstić information content (AvgIpc) is 3.12. The summed E-state index contributed by atoms with van der Waals surface area (Å²) in [7, 11) is 0. The first-order chi connectivity index (χ1) is 19.1. The van der Waals surface area contributed by atoms with Crippen molar-refractivity contribution in [2.24, 2.45) is 0 Å². The molecular formula is C29H44N4O7. The zero-order valence-corrected chi connectivity index (χ0v) is 24.0. The summed E-state index contributed by atoms with van der Waals surface area (Å²) in [6.07, 6.45) is 12.5. The third-order valence-electron chi connectivity index (χ3n) is 6.24. The molecule has 222 valence electrons. The Labute approximate surface area is 236 Å². The van der Waals surface area contributed by atoms with Gasteiger partial charge in [-0.2, -0.15) is 0 Å². The molecule has 0 saturated heterocycles. The fourth-order valence-corrected chi connectivity index (χ4v) is 4.28. The van der Waals surface area contributed by atoms with Crippen molar-refractivity contribution in [3.63, 3.8) is 0 Å². The zero-order chi connectivity index (χ0) is 29.4. The Balaban J connectivity index is 1.47. The minimum Gasteiger partial charge on any atom is -0.444 e. The molecule has 0 aromatic heterocycles. The predicted octanol–water partition coefficient (Wildman–Crippen LogP) is 5.06. The van der Waals surface area contributed by atoms with Crippen LogP contribution in [-0.4, -0.2) is 54.2 Å². The number of hydrogen-bond acceptors (Lipinski definition) is 7.